The molecule has 72 valence electrons. The number of anilines is 1. The number of hydrogen-bond acceptors (Lipinski definition) is 1. The molecule has 0 aliphatic carbocycles. The van der Waals surface area contributed by atoms with Crippen molar-refractivity contribution in [2.24, 2.45) is 0 Å². The summed E-state index contributed by atoms with van der Waals surface area (Å²) in [5.41, 5.74) is 1.20. The van der Waals surface area contributed by atoms with E-state index in [0.717, 1.165) is 10.4 Å². The topological polar surface area (TPSA) is 3.24 Å². The molecule has 14 heavy (non-hydrogen) atoms. The maximum atomic E-state index is 6.12. The molecule has 2 rings (SSSR count). The molecule has 0 heterocycles. The standard InChI is InChI=1S/C12H12ClN/c1-14(2)12-8-7-11(13)9-5-3-4-6-10(9)12/h3-8H,1-2H3. The van der Waals surface area contributed by atoms with Crippen LogP contribution in [0.25, 0.3) is 10.8 Å². The van der Waals surface area contributed by atoms with Gasteiger partial charge in [-0.1, -0.05) is 35.9 Å². The Balaban J connectivity index is 2.82. The average molecular weight is 206 g/mol. The van der Waals surface area contributed by atoms with Crippen molar-refractivity contribution in [2.45, 2.75) is 0 Å². The third kappa shape index (κ3) is 1.44. The van der Waals surface area contributed by atoms with E-state index in [1.54, 1.807) is 0 Å². The van der Waals surface area contributed by atoms with E-state index in [1.807, 2.05) is 44.4 Å². The van der Waals surface area contributed by atoms with Crippen LogP contribution in [0, 0.1) is 0 Å². The number of hydrogen-bond donors (Lipinski definition) is 0. The molecule has 0 aliphatic heterocycles. The zero-order chi connectivity index (χ0) is 10.1. The van der Waals surface area contributed by atoms with Crippen LogP contribution in [0.15, 0.2) is 36.4 Å². The van der Waals surface area contributed by atoms with E-state index < -0.39 is 0 Å². The normalized spacial score (nSPS) is 10.5. The second kappa shape index (κ2) is 3.50. The van der Waals surface area contributed by atoms with Crippen molar-refractivity contribution in [1.82, 2.24) is 0 Å². The molecule has 2 aromatic rings. The minimum absolute atomic E-state index is 0.811. The Labute approximate surface area is 88.9 Å². The lowest BCUT2D eigenvalue weighted by Crippen LogP contribution is -2.08. The highest BCUT2D eigenvalue weighted by Crippen LogP contribution is 2.30. The predicted octanol–water partition coefficient (Wildman–Crippen LogP) is 3.56. The minimum atomic E-state index is 0.811. The molecule has 2 heteroatoms. The van der Waals surface area contributed by atoms with Crippen LogP contribution in [-0.4, -0.2) is 14.1 Å². The monoisotopic (exact) mass is 205 g/mol. The molecule has 0 unspecified atom stereocenters. The maximum Gasteiger partial charge on any atom is 0.0485 e. The lowest BCUT2D eigenvalue weighted by atomic mass is 10.1. The van der Waals surface area contributed by atoms with Gasteiger partial charge in [-0.05, 0) is 12.1 Å². The lowest BCUT2D eigenvalue weighted by Gasteiger charge is -2.15. The number of nitrogens with zero attached hydrogens (tertiary/aromatic N) is 1. The fourth-order valence-electron chi connectivity index (χ4n) is 1.64. The molecule has 0 aliphatic rings. The molecule has 0 N–H and O–H groups in total. The fourth-order valence-corrected chi connectivity index (χ4v) is 1.86. The van der Waals surface area contributed by atoms with Gasteiger partial charge in [0.15, 0.2) is 0 Å². The average Bonchev–Trinajstić information content (AvgIpc) is 2.18. The molecular weight excluding hydrogens is 194 g/mol. The Hall–Kier alpha value is -1.21. The molecule has 0 fully saturated rings. The smallest absolute Gasteiger partial charge is 0.0485 e. The summed E-state index contributed by atoms with van der Waals surface area (Å²) in [5, 5.41) is 3.12. The molecule has 0 spiro atoms. The van der Waals surface area contributed by atoms with Crippen molar-refractivity contribution in [3.8, 4) is 0 Å². The van der Waals surface area contributed by atoms with E-state index in [-0.39, 0.29) is 0 Å². The van der Waals surface area contributed by atoms with Crippen LogP contribution in [0.1, 0.15) is 0 Å². The Kier molecular flexibility index (Phi) is 2.34. The van der Waals surface area contributed by atoms with Crippen molar-refractivity contribution in [3.05, 3.63) is 41.4 Å². The SMILES string of the molecule is CN(C)c1ccc(Cl)c2ccccc12. The highest BCUT2D eigenvalue weighted by Gasteiger charge is 2.04. The summed E-state index contributed by atoms with van der Waals surface area (Å²) in [6, 6.07) is 12.2. The van der Waals surface area contributed by atoms with Gasteiger partial charge in [0.1, 0.15) is 0 Å². The molecule has 0 atom stereocenters. The quantitative estimate of drug-likeness (QED) is 0.688. The Morgan fingerprint density at radius 1 is 0.929 bits per heavy atom. The number of halogens is 1. The third-order valence-electron chi connectivity index (χ3n) is 2.33. The van der Waals surface area contributed by atoms with Crippen molar-refractivity contribution in [2.75, 3.05) is 19.0 Å². The Morgan fingerprint density at radius 3 is 2.21 bits per heavy atom. The number of fused-ring (bicyclic) bond motifs is 1. The third-order valence-corrected chi connectivity index (χ3v) is 2.66. The largest absolute Gasteiger partial charge is 0.377 e. The van der Waals surface area contributed by atoms with Gasteiger partial charge in [0.05, 0.1) is 0 Å². The first-order valence-corrected chi connectivity index (χ1v) is 4.92. The van der Waals surface area contributed by atoms with Crippen molar-refractivity contribution in [3.63, 3.8) is 0 Å². The van der Waals surface area contributed by atoms with Gasteiger partial charge in [0, 0.05) is 35.6 Å². The molecule has 0 amide bonds. The van der Waals surface area contributed by atoms with Crippen molar-refractivity contribution in [1.29, 1.82) is 0 Å². The van der Waals surface area contributed by atoms with Gasteiger partial charge in [0.25, 0.3) is 0 Å². The van der Waals surface area contributed by atoms with Crippen LogP contribution >= 0.6 is 11.6 Å². The molecule has 1 nitrogen and oxygen atoms in total. The summed E-state index contributed by atoms with van der Waals surface area (Å²) in [6.07, 6.45) is 0. The molecule has 0 bridgehead atoms. The second-order valence-electron chi connectivity index (χ2n) is 3.51. The van der Waals surface area contributed by atoms with Gasteiger partial charge in [0.2, 0.25) is 0 Å². The highest BCUT2D eigenvalue weighted by molar-refractivity contribution is 6.36. The van der Waals surface area contributed by atoms with E-state index >= 15 is 0 Å². The second-order valence-corrected chi connectivity index (χ2v) is 3.91. The first-order chi connectivity index (χ1) is 6.70. The molecule has 0 radical (unpaired) electrons. The van der Waals surface area contributed by atoms with Crippen LogP contribution in [0.3, 0.4) is 0 Å². The van der Waals surface area contributed by atoms with Gasteiger partial charge in [-0.2, -0.15) is 0 Å². The minimum Gasteiger partial charge on any atom is -0.377 e. The van der Waals surface area contributed by atoms with E-state index in [4.69, 9.17) is 11.6 Å². The van der Waals surface area contributed by atoms with Crippen LogP contribution in [-0.2, 0) is 0 Å². The maximum absolute atomic E-state index is 6.12. The first kappa shape index (κ1) is 9.35. The highest BCUT2D eigenvalue weighted by atomic mass is 35.5. The summed E-state index contributed by atoms with van der Waals surface area (Å²) < 4.78 is 0. The summed E-state index contributed by atoms with van der Waals surface area (Å²) in [7, 11) is 4.07. The summed E-state index contributed by atoms with van der Waals surface area (Å²) >= 11 is 6.12. The number of rotatable bonds is 1. The molecule has 0 saturated heterocycles. The first-order valence-electron chi connectivity index (χ1n) is 4.55. The lowest BCUT2D eigenvalue weighted by molar-refractivity contribution is 1.14. The van der Waals surface area contributed by atoms with Gasteiger partial charge in [-0.15, -0.1) is 0 Å². The summed E-state index contributed by atoms with van der Waals surface area (Å²) in [4.78, 5) is 2.10. The molecule has 0 saturated carbocycles. The van der Waals surface area contributed by atoms with Crippen LogP contribution in [0.5, 0.6) is 0 Å². The van der Waals surface area contributed by atoms with Crippen molar-refractivity contribution >= 4 is 28.1 Å². The van der Waals surface area contributed by atoms with Gasteiger partial charge in [-0.25, -0.2) is 0 Å². The number of benzene rings is 2. The van der Waals surface area contributed by atoms with Crippen LogP contribution < -0.4 is 4.90 Å². The van der Waals surface area contributed by atoms with E-state index in [2.05, 4.69) is 11.0 Å². The Bertz CT molecular complexity index is 463. The van der Waals surface area contributed by atoms with E-state index in [9.17, 15) is 0 Å². The van der Waals surface area contributed by atoms with Crippen LogP contribution in [0.4, 0.5) is 5.69 Å². The van der Waals surface area contributed by atoms with Crippen molar-refractivity contribution < 1.29 is 0 Å². The van der Waals surface area contributed by atoms with Gasteiger partial charge < -0.3 is 4.90 Å². The molecule has 0 aromatic heterocycles. The van der Waals surface area contributed by atoms with Crippen LogP contribution in [0.2, 0.25) is 5.02 Å². The van der Waals surface area contributed by atoms with Gasteiger partial charge in [-0.3, -0.25) is 0 Å². The summed E-state index contributed by atoms with van der Waals surface area (Å²) in [5.74, 6) is 0. The summed E-state index contributed by atoms with van der Waals surface area (Å²) in [6.45, 7) is 0. The zero-order valence-corrected chi connectivity index (χ0v) is 9.05. The fraction of sp³-hybridized carbons (Fsp3) is 0.167. The molecule has 2 aromatic carbocycles. The van der Waals surface area contributed by atoms with E-state index in [0.29, 0.717) is 0 Å². The molecular formula is C12H12ClN. The van der Waals surface area contributed by atoms with E-state index in [1.165, 1.54) is 11.1 Å². The predicted molar refractivity (Wildman–Crippen MR) is 63.3 cm³/mol. The van der Waals surface area contributed by atoms with Gasteiger partial charge >= 0.3 is 0 Å². The Morgan fingerprint density at radius 2 is 1.57 bits per heavy atom. The zero-order valence-electron chi connectivity index (χ0n) is 8.29.